The summed E-state index contributed by atoms with van der Waals surface area (Å²) < 4.78 is 6.50. The number of aryl methyl sites for hydroxylation is 3. The molecule has 0 atom stereocenters. The van der Waals surface area contributed by atoms with Gasteiger partial charge in [-0.05, 0) is 65.7 Å². The molecule has 1 amide bonds. The lowest BCUT2D eigenvalue weighted by molar-refractivity contribution is -0.118. The van der Waals surface area contributed by atoms with Crippen molar-refractivity contribution in [2.75, 3.05) is 11.9 Å². The number of amides is 1. The van der Waals surface area contributed by atoms with Crippen LogP contribution in [0.3, 0.4) is 0 Å². The van der Waals surface area contributed by atoms with E-state index in [-0.39, 0.29) is 12.5 Å². The Hall–Kier alpha value is -1.40. The van der Waals surface area contributed by atoms with E-state index in [0.29, 0.717) is 10.9 Å². The Morgan fingerprint density at radius 1 is 1.38 bits per heavy atom. The smallest absolute Gasteiger partial charge is 0.264 e. The van der Waals surface area contributed by atoms with Crippen molar-refractivity contribution in [1.82, 2.24) is 4.98 Å². The number of carbonyl (C=O) groups is 1. The second-order valence-corrected chi connectivity index (χ2v) is 7.89. The molecule has 0 unspecified atom stereocenters. The Morgan fingerprint density at radius 2 is 2.21 bits per heavy atom. The van der Waals surface area contributed by atoms with Gasteiger partial charge in [-0.15, -0.1) is 11.3 Å². The molecule has 0 bridgehead atoms. The van der Waals surface area contributed by atoms with Gasteiger partial charge in [0.1, 0.15) is 5.75 Å². The first kappa shape index (κ1) is 17.4. The second kappa shape index (κ2) is 8.12. The molecule has 2 aromatic rings. The number of carbonyl (C=O) groups excluding carboxylic acids is 1. The molecule has 3 rings (SSSR count). The topological polar surface area (TPSA) is 51.2 Å². The van der Waals surface area contributed by atoms with Gasteiger partial charge in [0.25, 0.3) is 5.91 Å². The standard InChI is InChI=1S/C18H21BrN2O2S/c1-2-5-12-8-9-15(13(19)10-12)23-11-17(22)21-18-20-14-6-3-4-7-16(14)24-18/h8-10H,2-7,11H2,1H3,(H,20,21,22). The molecule has 1 aromatic carbocycles. The molecule has 0 saturated heterocycles. The van der Waals surface area contributed by atoms with E-state index in [4.69, 9.17) is 4.74 Å². The monoisotopic (exact) mass is 408 g/mol. The van der Waals surface area contributed by atoms with Crippen LogP contribution in [0.5, 0.6) is 5.75 Å². The maximum Gasteiger partial charge on any atom is 0.264 e. The van der Waals surface area contributed by atoms with Gasteiger partial charge in [0.15, 0.2) is 11.7 Å². The summed E-state index contributed by atoms with van der Waals surface area (Å²) in [5.41, 5.74) is 2.41. The van der Waals surface area contributed by atoms with E-state index in [1.165, 1.54) is 23.3 Å². The summed E-state index contributed by atoms with van der Waals surface area (Å²) in [7, 11) is 0. The molecule has 6 heteroatoms. The molecular weight excluding hydrogens is 388 g/mol. The molecule has 128 valence electrons. The Labute approximate surface area is 154 Å². The Kier molecular flexibility index (Phi) is 5.89. The van der Waals surface area contributed by atoms with Gasteiger partial charge in [0, 0.05) is 4.88 Å². The highest BCUT2D eigenvalue weighted by Crippen LogP contribution is 2.30. The van der Waals surface area contributed by atoms with E-state index in [0.717, 1.165) is 35.8 Å². The maximum absolute atomic E-state index is 12.1. The molecule has 4 nitrogen and oxygen atoms in total. The van der Waals surface area contributed by atoms with Crippen LogP contribution in [0, 0.1) is 0 Å². The van der Waals surface area contributed by atoms with E-state index in [1.54, 1.807) is 11.3 Å². The third kappa shape index (κ3) is 4.36. The van der Waals surface area contributed by atoms with Gasteiger partial charge in [-0.25, -0.2) is 4.98 Å². The van der Waals surface area contributed by atoms with Crippen LogP contribution in [-0.4, -0.2) is 17.5 Å². The minimum atomic E-state index is -0.175. The van der Waals surface area contributed by atoms with Gasteiger partial charge in [0.05, 0.1) is 10.2 Å². The number of fused-ring (bicyclic) bond motifs is 1. The number of nitrogens with one attached hydrogen (secondary N) is 1. The fourth-order valence-electron chi connectivity index (χ4n) is 2.81. The molecule has 24 heavy (non-hydrogen) atoms. The van der Waals surface area contributed by atoms with E-state index in [2.05, 4.69) is 33.2 Å². The first-order valence-electron chi connectivity index (χ1n) is 8.35. The molecule has 1 heterocycles. The van der Waals surface area contributed by atoms with Crippen LogP contribution < -0.4 is 10.1 Å². The molecular formula is C18H21BrN2O2S. The minimum absolute atomic E-state index is 0.0179. The SMILES string of the molecule is CCCc1ccc(OCC(=O)Nc2nc3c(s2)CCCC3)c(Br)c1. The van der Waals surface area contributed by atoms with E-state index in [9.17, 15) is 4.79 Å². The van der Waals surface area contributed by atoms with Gasteiger partial charge in [-0.1, -0.05) is 19.4 Å². The van der Waals surface area contributed by atoms with Gasteiger partial charge in [0.2, 0.25) is 0 Å². The molecule has 0 radical (unpaired) electrons. The number of ether oxygens (including phenoxy) is 1. The summed E-state index contributed by atoms with van der Waals surface area (Å²) in [5, 5.41) is 3.54. The molecule has 0 fully saturated rings. The van der Waals surface area contributed by atoms with E-state index in [1.807, 2.05) is 18.2 Å². The van der Waals surface area contributed by atoms with Crippen LogP contribution in [0.1, 0.15) is 42.3 Å². The Bertz CT molecular complexity index is 706. The van der Waals surface area contributed by atoms with Gasteiger partial charge < -0.3 is 4.74 Å². The highest BCUT2D eigenvalue weighted by atomic mass is 79.9. The summed E-state index contributed by atoms with van der Waals surface area (Å²) in [5.74, 6) is 0.508. The van der Waals surface area contributed by atoms with Crippen molar-refractivity contribution >= 4 is 38.3 Å². The average molecular weight is 409 g/mol. The highest BCUT2D eigenvalue weighted by molar-refractivity contribution is 9.10. The lowest BCUT2D eigenvalue weighted by Crippen LogP contribution is -2.20. The molecule has 0 saturated carbocycles. The third-order valence-corrected chi connectivity index (χ3v) is 5.68. The predicted molar refractivity (Wildman–Crippen MR) is 101 cm³/mol. The average Bonchev–Trinajstić information content (AvgIpc) is 2.96. The zero-order valence-electron chi connectivity index (χ0n) is 13.7. The van der Waals surface area contributed by atoms with E-state index >= 15 is 0 Å². The van der Waals surface area contributed by atoms with Crippen molar-refractivity contribution in [2.45, 2.75) is 45.4 Å². The predicted octanol–water partition coefficient (Wildman–Crippen LogP) is 4.75. The quantitative estimate of drug-likeness (QED) is 0.749. The molecule has 1 aromatic heterocycles. The van der Waals surface area contributed by atoms with Crippen LogP contribution in [0.15, 0.2) is 22.7 Å². The van der Waals surface area contributed by atoms with Crippen LogP contribution in [-0.2, 0) is 24.1 Å². The summed E-state index contributed by atoms with van der Waals surface area (Å²) in [6.45, 7) is 2.13. The molecule has 1 aliphatic carbocycles. The fourth-order valence-corrected chi connectivity index (χ4v) is 4.42. The molecule has 1 aliphatic rings. The molecule has 0 spiro atoms. The normalized spacial score (nSPS) is 13.4. The van der Waals surface area contributed by atoms with Crippen molar-refractivity contribution in [3.05, 3.63) is 38.8 Å². The van der Waals surface area contributed by atoms with Gasteiger partial charge in [-0.3, -0.25) is 10.1 Å². The second-order valence-electron chi connectivity index (χ2n) is 5.95. The number of rotatable bonds is 6. The highest BCUT2D eigenvalue weighted by Gasteiger charge is 2.16. The Morgan fingerprint density at radius 3 is 2.96 bits per heavy atom. The number of anilines is 1. The molecule has 1 N–H and O–H groups in total. The summed E-state index contributed by atoms with van der Waals surface area (Å²) in [6, 6.07) is 5.99. The van der Waals surface area contributed by atoms with Crippen molar-refractivity contribution < 1.29 is 9.53 Å². The first-order chi connectivity index (χ1) is 11.7. The number of thiazole rings is 1. The van der Waals surface area contributed by atoms with E-state index < -0.39 is 0 Å². The van der Waals surface area contributed by atoms with Gasteiger partial charge in [-0.2, -0.15) is 0 Å². The largest absolute Gasteiger partial charge is 0.483 e. The zero-order valence-corrected chi connectivity index (χ0v) is 16.1. The summed E-state index contributed by atoms with van der Waals surface area (Å²) in [6.07, 6.45) is 6.65. The van der Waals surface area contributed by atoms with Crippen molar-refractivity contribution in [2.24, 2.45) is 0 Å². The number of benzene rings is 1. The lowest BCUT2D eigenvalue weighted by atomic mass is 10.0. The number of halogens is 1. The fraction of sp³-hybridized carbons (Fsp3) is 0.444. The summed E-state index contributed by atoms with van der Waals surface area (Å²) in [4.78, 5) is 17.9. The lowest BCUT2D eigenvalue weighted by Gasteiger charge is -2.09. The molecule has 0 aliphatic heterocycles. The van der Waals surface area contributed by atoms with Crippen LogP contribution in [0.25, 0.3) is 0 Å². The zero-order chi connectivity index (χ0) is 16.9. The van der Waals surface area contributed by atoms with Gasteiger partial charge >= 0.3 is 0 Å². The van der Waals surface area contributed by atoms with Crippen molar-refractivity contribution in [3.63, 3.8) is 0 Å². The van der Waals surface area contributed by atoms with Crippen molar-refractivity contribution in [3.8, 4) is 5.75 Å². The van der Waals surface area contributed by atoms with Crippen LogP contribution >= 0.6 is 27.3 Å². The van der Waals surface area contributed by atoms with Crippen molar-refractivity contribution in [1.29, 1.82) is 0 Å². The van der Waals surface area contributed by atoms with Crippen LogP contribution in [0.2, 0.25) is 0 Å². The Balaban J connectivity index is 1.54. The number of aromatic nitrogens is 1. The maximum atomic E-state index is 12.1. The minimum Gasteiger partial charge on any atom is -0.483 e. The first-order valence-corrected chi connectivity index (χ1v) is 9.96. The number of nitrogens with zero attached hydrogens (tertiary/aromatic N) is 1. The number of hydrogen-bond acceptors (Lipinski definition) is 4. The third-order valence-electron chi connectivity index (χ3n) is 3.99. The summed E-state index contributed by atoms with van der Waals surface area (Å²) >= 11 is 5.09. The number of hydrogen-bond donors (Lipinski definition) is 1. The van der Waals surface area contributed by atoms with Crippen LogP contribution in [0.4, 0.5) is 5.13 Å².